The molecule has 1 amide bonds. The molecule has 1 aliphatic heterocycles. The lowest BCUT2D eigenvalue weighted by molar-refractivity contribution is 0.0266. The number of amides is 1. The third kappa shape index (κ3) is 3.65. The molecule has 1 saturated heterocycles. The average Bonchev–Trinajstić information content (AvgIpc) is 2.98. The number of halogens is 1. The van der Waals surface area contributed by atoms with Gasteiger partial charge in [-0.05, 0) is 44.0 Å². The number of carbonyl (C=O) groups is 1. The van der Waals surface area contributed by atoms with Crippen molar-refractivity contribution in [2.75, 3.05) is 32.1 Å². The van der Waals surface area contributed by atoms with Gasteiger partial charge in [-0.25, -0.2) is 9.37 Å². The molecular weight excluding hydrogens is 383 g/mol. The Hall–Kier alpha value is -2.93. The highest BCUT2D eigenvalue weighted by molar-refractivity contribution is 6.01. The lowest BCUT2D eigenvalue weighted by Gasteiger charge is -2.38. The summed E-state index contributed by atoms with van der Waals surface area (Å²) in [6.45, 7) is 8.18. The van der Waals surface area contributed by atoms with Crippen LogP contribution in [-0.4, -0.2) is 47.6 Å². The van der Waals surface area contributed by atoms with Crippen LogP contribution in [0.1, 0.15) is 32.9 Å². The van der Waals surface area contributed by atoms with Crippen molar-refractivity contribution in [2.45, 2.75) is 27.3 Å². The predicted octanol–water partition coefficient (Wildman–Crippen LogP) is 3.96. The Morgan fingerprint density at radius 1 is 1.33 bits per heavy atom. The molecule has 0 aliphatic carbocycles. The molecule has 6 nitrogen and oxygen atoms in total. The molecule has 0 atom stereocenters. The first-order valence-corrected chi connectivity index (χ1v) is 10.1. The fourth-order valence-corrected chi connectivity index (χ4v) is 3.99. The number of H-pyrrole nitrogens is 1. The number of benzene rings is 1. The number of aromatic amines is 1. The molecular formula is C23H27FN4O2. The Kier molecular flexibility index (Phi) is 5.47. The number of aryl methyl sites for hydroxylation is 3. The molecule has 3 heterocycles. The van der Waals surface area contributed by atoms with E-state index in [-0.39, 0.29) is 18.3 Å². The second-order valence-corrected chi connectivity index (χ2v) is 8.07. The Balaban J connectivity index is 1.65. The predicted molar refractivity (Wildman–Crippen MR) is 115 cm³/mol. The zero-order chi connectivity index (χ0) is 21.4. The Morgan fingerprint density at radius 2 is 2.10 bits per heavy atom. The van der Waals surface area contributed by atoms with Crippen molar-refractivity contribution in [3.63, 3.8) is 0 Å². The highest BCUT2D eigenvalue weighted by atomic mass is 19.1. The number of fused-ring (bicyclic) bond motifs is 1. The van der Waals surface area contributed by atoms with Crippen LogP contribution in [0.15, 0.2) is 24.3 Å². The number of hydrogen-bond donors (Lipinski definition) is 2. The molecule has 4 rings (SSSR count). The van der Waals surface area contributed by atoms with Gasteiger partial charge in [0.05, 0.1) is 12.1 Å². The quantitative estimate of drug-likeness (QED) is 0.645. The summed E-state index contributed by atoms with van der Waals surface area (Å²) in [5.74, 6) is 0.589. The van der Waals surface area contributed by atoms with Gasteiger partial charge in [0, 0.05) is 49.3 Å². The van der Waals surface area contributed by atoms with E-state index in [0.29, 0.717) is 42.7 Å². The minimum absolute atomic E-state index is 0.0902. The van der Waals surface area contributed by atoms with E-state index in [1.54, 1.807) is 18.1 Å². The van der Waals surface area contributed by atoms with Crippen molar-refractivity contribution in [1.82, 2.24) is 14.9 Å². The molecule has 0 unspecified atom stereocenters. The Bertz CT molecular complexity index is 1080. The van der Waals surface area contributed by atoms with Crippen molar-refractivity contribution in [3.05, 3.63) is 58.2 Å². The van der Waals surface area contributed by atoms with Crippen molar-refractivity contribution < 1.29 is 13.9 Å². The number of anilines is 1. The highest BCUT2D eigenvalue weighted by Gasteiger charge is 2.32. The lowest BCUT2D eigenvalue weighted by atomic mass is 10.0. The van der Waals surface area contributed by atoms with Crippen LogP contribution >= 0.6 is 0 Å². The van der Waals surface area contributed by atoms with E-state index in [2.05, 4.69) is 15.3 Å². The third-order valence-electron chi connectivity index (χ3n) is 5.95. The summed E-state index contributed by atoms with van der Waals surface area (Å²) in [5, 5.41) is 4.20. The Morgan fingerprint density at radius 3 is 2.80 bits per heavy atom. The second kappa shape index (κ2) is 8.07. The van der Waals surface area contributed by atoms with E-state index in [1.165, 1.54) is 6.07 Å². The number of likely N-dealkylation sites (tertiary alicyclic amines) is 1. The molecule has 0 spiro atoms. The molecule has 30 heavy (non-hydrogen) atoms. The molecule has 0 saturated carbocycles. The first-order chi connectivity index (χ1) is 14.4. The summed E-state index contributed by atoms with van der Waals surface area (Å²) in [6.07, 6.45) is 0. The molecule has 1 aliphatic rings. The SMILES string of the molecule is COCC1CN(C(=O)c2cc3c(C)c(C)[nH]c3c(NCc3c(C)cccc3F)n2)C1. The fourth-order valence-electron chi connectivity index (χ4n) is 3.99. The highest BCUT2D eigenvalue weighted by Crippen LogP contribution is 2.29. The van der Waals surface area contributed by atoms with Crippen LogP contribution in [0.3, 0.4) is 0 Å². The first kappa shape index (κ1) is 20.3. The van der Waals surface area contributed by atoms with Crippen molar-refractivity contribution in [2.24, 2.45) is 5.92 Å². The zero-order valence-electron chi connectivity index (χ0n) is 17.8. The van der Waals surface area contributed by atoms with Gasteiger partial charge >= 0.3 is 0 Å². The van der Waals surface area contributed by atoms with Crippen molar-refractivity contribution in [1.29, 1.82) is 0 Å². The number of methoxy groups -OCH3 is 1. The molecule has 1 fully saturated rings. The number of nitrogens with zero attached hydrogens (tertiary/aromatic N) is 2. The minimum atomic E-state index is -0.255. The molecule has 7 heteroatoms. The van der Waals surface area contributed by atoms with Gasteiger partial charge in [-0.2, -0.15) is 0 Å². The van der Waals surface area contributed by atoms with Gasteiger partial charge in [-0.15, -0.1) is 0 Å². The van der Waals surface area contributed by atoms with Gasteiger partial charge in [0.15, 0.2) is 5.82 Å². The van der Waals surface area contributed by atoms with Crippen LogP contribution in [0.2, 0.25) is 0 Å². The van der Waals surface area contributed by atoms with Gasteiger partial charge < -0.3 is 19.9 Å². The maximum absolute atomic E-state index is 14.3. The summed E-state index contributed by atoms with van der Waals surface area (Å²) in [4.78, 5) is 22.8. The van der Waals surface area contributed by atoms with E-state index in [4.69, 9.17) is 4.74 Å². The van der Waals surface area contributed by atoms with E-state index in [0.717, 1.165) is 27.7 Å². The monoisotopic (exact) mass is 410 g/mol. The third-order valence-corrected chi connectivity index (χ3v) is 5.95. The maximum Gasteiger partial charge on any atom is 0.272 e. The van der Waals surface area contributed by atoms with Crippen LogP contribution in [0.5, 0.6) is 0 Å². The number of nitrogens with one attached hydrogen (secondary N) is 2. The number of aromatic nitrogens is 2. The fraction of sp³-hybridized carbons (Fsp3) is 0.391. The number of rotatable bonds is 6. The van der Waals surface area contributed by atoms with Crippen LogP contribution in [-0.2, 0) is 11.3 Å². The molecule has 2 aromatic heterocycles. The van der Waals surface area contributed by atoms with Crippen LogP contribution < -0.4 is 5.32 Å². The number of pyridine rings is 1. The van der Waals surface area contributed by atoms with Crippen molar-refractivity contribution >= 4 is 22.6 Å². The summed E-state index contributed by atoms with van der Waals surface area (Å²) in [7, 11) is 1.67. The van der Waals surface area contributed by atoms with Crippen LogP contribution in [0.25, 0.3) is 10.9 Å². The van der Waals surface area contributed by atoms with Gasteiger partial charge in [0.2, 0.25) is 0 Å². The summed E-state index contributed by atoms with van der Waals surface area (Å²) < 4.78 is 19.4. The van der Waals surface area contributed by atoms with Gasteiger partial charge in [-0.3, -0.25) is 4.79 Å². The maximum atomic E-state index is 14.3. The molecule has 2 N–H and O–H groups in total. The van der Waals surface area contributed by atoms with Gasteiger partial charge in [0.25, 0.3) is 5.91 Å². The smallest absolute Gasteiger partial charge is 0.272 e. The van der Waals surface area contributed by atoms with Crippen molar-refractivity contribution in [3.8, 4) is 0 Å². The number of ether oxygens (including phenoxy) is 1. The average molecular weight is 410 g/mol. The lowest BCUT2D eigenvalue weighted by Crippen LogP contribution is -2.51. The summed E-state index contributed by atoms with van der Waals surface area (Å²) >= 11 is 0. The number of carbonyl (C=O) groups excluding carboxylic acids is 1. The van der Waals surface area contributed by atoms with E-state index >= 15 is 0 Å². The number of hydrogen-bond acceptors (Lipinski definition) is 4. The van der Waals surface area contributed by atoms with Gasteiger partial charge in [0.1, 0.15) is 11.5 Å². The first-order valence-electron chi connectivity index (χ1n) is 10.1. The topological polar surface area (TPSA) is 70.2 Å². The molecule has 0 bridgehead atoms. The largest absolute Gasteiger partial charge is 0.384 e. The zero-order valence-corrected chi connectivity index (χ0v) is 17.8. The molecule has 3 aromatic rings. The minimum Gasteiger partial charge on any atom is -0.384 e. The second-order valence-electron chi connectivity index (χ2n) is 8.07. The van der Waals surface area contributed by atoms with E-state index in [1.807, 2.05) is 32.9 Å². The van der Waals surface area contributed by atoms with Gasteiger partial charge in [-0.1, -0.05) is 12.1 Å². The molecule has 158 valence electrons. The normalized spacial score (nSPS) is 14.2. The summed E-state index contributed by atoms with van der Waals surface area (Å²) in [6, 6.07) is 6.88. The standard InChI is InChI=1S/C23H27FN4O2/c1-13-6-5-7-19(24)18(13)9-25-22-21-17(14(2)15(3)26-21)8-20(27-22)23(29)28-10-16(11-28)12-30-4/h5-8,16,26H,9-12H2,1-4H3,(H,25,27). The van der Waals surface area contributed by atoms with Crippen LogP contribution in [0, 0.1) is 32.5 Å². The van der Waals surface area contributed by atoms with E-state index < -0.39 is 0 Å². The Labute approximate surface area is 175 Å². The van der Waals surface area contributed by atoms with Crippen LogP contribution in [0.4, 0.5) is 10.2 Å². The molecule has 0 radical (unpaired) electrons. The molecule has 1 aromatic carbocycles. The van der Waals surface area contributed by atoms with E-state index in [9.17, 15) is 9.18 Å². The summed E-state index contributed by atoms with van der Waals surface area (Å²) in [5.41, 5.74) is 4.78.